The first kappa shape index (κ1) is 18.3. The molecule has 0 bridgehead atoms. The van der Waals surface area contributed by atoms with Crippen molar-refractivity contribution in [1.29, 1.82) is 0 Å². The van der Waals surface area contributed by atoms with Gasteiger partial charge < -0.3 is 4.52 Å². The topological polar surface area (TPSA) is 82.0 Å². The normalized spacial score (nSPS) is 18.1. The van der Waals surface area contributed by atoms with Crippen molar-refractivity contribution in [1.82, 2.24) is 29.6 Å². The molecule has 5 rings (SSSR count). The Labute approximate surface area is 169 Å². The highest BCUT2D eigenvalue weighted by atomic mass is 16.5. The van der Waals surface area contributed by atoms with Crippen LogP contribution >= 0.6 is 0 Å². The number of likely N-dealkylation sites (tertiary alicyclic amines) is 1. The Hall–Kier alpha value is -2.74. The summed E-state index contributed by atoms with van der Waals surface area (Å²) in [6, 6.07) is 5.14. The summed E-state index contributed by atoms with van der Waals surface area (Å²) in [5, 5.41) is 13.0. The molecule has 0 unspecified atom stereocenters. The van der Waals surface area contributed by atoms with Crippen molar-refractivity contribution in [3.8, 4) is 5.82 Å². The second-order valence-electron chi connectivity index (χ2n) is 8.12. The third kappa shape index (κ3) is 3.89. The molecule has 0 atom stereocenters. The van der Waals surface area contributed by atoms with Crippen LogP contribution in [0.5, 0.6) is 0 Å². The highest BCUT2D eigenvalue weighted by molar-refractivity contribution is 5.25. The van der Waals surface area contributed by atoms with E-state index in [9.17, 15) is 4.79 Å². The lowest BCUT2D eigenvalue weighted by Gasteiger charge is -2.31. The first-order valence-electron chi connectivity index (χ1n) is 10.5. The molecule has 8 nitrogen and oxygen atoms in total. The van der Waals surface area contributed by atoms with Gasteiger partial charge in [0.05, 0.1) is 0 Å². The smallest absolute Gasteiger partial charge is 0.266 e. The first-order valence-corrected chi connectivity index (χ1v) is 10.5. The average Bonchev–Trinajstić information content (AvgIpc) is 3.42. The van der Waals surface area contributed by atoms with E-state index in [1.165, 1.54) is 18.4 Å². The molecule has 3 aromatic heterocycles. The van der Waals surface area contributed by atoms with Crippen LogP contribution in [0.4, 0.5) is 0 Å². The molecule has 0 saturated carbocycles. The van der Waals surface area contributed by atoms with Gasteiger partial charge in [0, 0.05) is 43.5 Å². The second kappa shape index (κ2) is 7.94. The lowest BCUT2D eigenvalue weighted by atomic mass is 9.94. The minimum Gasteiger partial charge on any atom is -0.361 e. The van der Waals surface area contributed by atoms with Gasteiger partial charge in [-0.25, -0.2) is 9.36 Å². The summed E-state index contributed by atoms with van der Waals surface area (Å²) < 4.78 is 8.82. The molecule has 3 aromatic rings. The fourth-order valence-corrected chi connectivity index (χ4v) is 4.45. The minimum atomic E-state index is -0.0578. The monoisotopic (exact) mass is 394 g/mol. The fourth-order valence-electron chi connectivity index (χ4n) is 4.45. The van der Waals surface area contributed by atoms with Crippen LogP contribution in [0.1, 0.15) is 42.7 Å². The standard InChI is InChI=1S/C21H26N6O2/c28-21-7-6-20(26-11-3-10-22-26)23-27(21)14-16-8-12-25(13-9-16)15-18-17-4-1-2-5-19(17)29-24-18/h3,6-7,10-11,16H,1-2,4-5,8-9,12-15H2. The molecule has 1 aliphatic heterocycles. The van der Waals surface area contributed by atoms with Crippen molar-refractivity contribution < 1.29 is 4.52 Å². The Morgan fingerprint density at radius 1 is 1.14 bits per heavy atom. The zero-order chi connectivity index (χ0) is 19.6. The largest absolute Gasteiger partial charge is 0.361 e. The van der Waals surface area contributed by atoms with Gasteiger partial charge in [0.15, 0.2) is 5.82 Å². The van der Waals surface area contributed by atoms with Crippen LogP contribution in [0.15, 0.2) is 39.9 Å². The summed E-state index contributed by atoms with van der Waals surface area (Å²) in [5.41, 5.74) is 2.42. The van der Waals surface area contributed by atoms with E-state index in [0.717, 1.165) is 56.8 Å². The van der Waals surface area contributed by atoms with Gasteiger partial charge in [-0.05, 0) is 63.2 Å². The van der Waals surface area contributed by atoms with Crippen molar-refractivity contribution in [2.75, 3.05) is 13.1 Å². The fraction of sp³-hybridized carbons (Fsp3) is 0.524. The SMILES string of the molecule is O=c1ccc(-n2cccn2)nn1CC1CCN(Cc2noc3c2CCCC3)CC1. The van der Waals surface area contributed by atoms with Gasteiger partial charge in [-0.3, -0.25) is 9.69 Å². The lowest BCUT2D eigenvalue weighted by Crippen LogP contribution is -2.36. The maximum atomic E-state index is 12.3. The van der Waals surface area contributed by atoms with Gasteiger partial charge in [-0.2, -0.15) is 5.10 Å². The molecule has 0 aromatic carbocycles. The summed E-state index contributed by atoms with van der Waals surface area (Å²) in [6.45, 7) is 3.56. The van der Waals surface area contributed by atoms with Crippen LogP contribution in [0.3, 0.4) is 0 Å². The molecule has 8 heteroatoms. The Bertz CT molecular complexity index is 1010. The van der Waals surface area contributed by atoms with Gasteiger partial charge in [0.1, 0.15) is 11.5 Å². The molecule has 2 aliphatic rings. The van der Waals surface area contributed by atoms with Crippen LogP contribution in [0.25, 0.3) is 5.82 Å². The molecule has 152 valence electrons. The predicted molar refractivity (Wildman–Crippen MR) is 107 cm³/mol. The number of nitrogens with zero attached hydrogens (tertiary/aromatic N) is 6. The summed E-state index contributed by atoms with van der Waals surface area (Å²) >= 11 is 0. The van der Waals surface area contributed by atoms with Crippen molar-refractivity contribution in [2.24, 2.45) is 5.92 Å². The van der Waals surface area contributed by atoms with E-state index >= 15 is 0 Å². The molecule has 0 radical (unpaired) electrons. The lowest BCUT2D eigenvalue weighted by molar-refractivity contribution is 0.160. The van der Waals surface area contributed by atoms with Gasteiger partial charge in [-0.1, -0.05) is 5.16 Å². The molecular weight excluding hydrogens is 368 g/mol. The number of fused-ring (bicyclic) bond motifs is 1. The summed E-state index contributed by atoms with van der Waals surface area (Å²) in [4.78, 5) is 14.7. The summed E-state index contributed by atoms with van der Waals surface area (Å²) in [5.74, 6) is 2.22. The molecule has 1 fully saturated rings. The quantitative estimate of drug-likeness (QED) is 0.660. The third-order valence-electron chi connectivity index (χ3n) is 6.13. The van der Waals surface area contributed by atoms with E-state index < -0.39 is 0 Å². The minimum absolute atomic E-state index is 0.0578. The summed E-state index contributed by atoms with van der Waals surface area (Å²) in [6.07, 6.45) is 10.2. The van der Waals surface area contributed by atoms with Crippen molar-refractivity contribution in [2.45, 2.75) is 51.6 Å². The summed E-state index contributed by atoms with van der Waals surface area (Å²) in [7, 11) is 0. The van der Waals surface area contributed by atoms with Crippen molar-refractivity contribution in [3.63, 3.8) is 0 Å². The number of piperidine rings is 1. The zero-order valence-electron chi connectivity index (χ0n) is 16.5. The molecular formula is C21H26N6O2. The van der Waals surface area contributed by atoms with Crippen LogP contribution < -0.4 is 5.56 Å². The van der Waals surface area contributed by atoms with Gasteiger partial charge in [-0.15, -0.1) is 5.10 Å². The third-order valence-corrected chi connectivity index (χ3v) is 6.13. The molecule has 1 aliphatic carbocycles. The van der Waals surface area contributed by atoms with Gasteiger partial charge in [0.25, 0.3) is 5.56 Å². The molecule has 0 spiro atoms. The van der Waals surface area contributed by atoms with E-state index in [4.69, 9.17) is 4.52 Å². The number of rotatable bonds is 5. The van der Waals surface area contributed by atoms with E-state index in [0.29, 0.717) is 18.3 Å². The maximum Gasteiger partial charge on any atom is 0.266 e. The number of hydrogen-bond acceptors (Lipinski definition) is 6. The van der Waals surface area contributed by atoms with E-state index in [-0.39, 0.29) is 5.56 Å². The Kier molecular flexibility index (Phi) is 5.01. The van der Waals surface area contributed by atoms with E-state index in [1.54, 1.807) is 27.7 Å². The number of aromatic nitrogens is 5. The zero-order valence-corrected chi connectivity index (χ0v) is 16.5. The highest BCUT2D eigenvalue weighted by Gasteiger charge is 2.24. The Morgan fingerprint density at radius 2 is 2.00 bits per heavy atom. The van der Waals surface area contributed by atoms with Crippen LogP contribution in [0.2, 0.25) is 0 Å². The second-order valence-corrected chi connectivity index (χ2v) is 8.12. The number of aryl methyl sites for hydroxylation is 1. The van der Waals surface area contributed by atoms with Gasteiger partial charge in [0.2, 0.25) is 0 Å². The van der Waals surface area contributed by atoms with E-state index in [1.807, 2.05) is 12.3 Å². The van der Waals surface area contributed by atoms with Gasteiger partial charge >= 0.3 is 0 Å². The molecule has 1 saturated heterocycles. The first-order chi connectivity index (χ1) is 14.3. The number of hydrogen-bond donors (Lipinski definition) is 0. The predicted octanol–water partition coefficient (Wildman–Crippen LogP) is 2.21. The van der Waals surface area contributed by atoms with Crippen LogP contribution in [-0.4, -0.2) is 42.7 Å². The molecule has 0 amide bonds. The van der Waals surface area contributed by atoms with E-state index in [2.05, 4.69) is 20.3 Å². The Balaban J connectivity index is 1.20. The average molecular weight is 394 g/mol. The molecule has 0 N–H and O–H groups in total. The Morgan fingerprint density at radius 3 is 2.83 bits per heavy atom. The van der Waals surface area contributed by atoms with Crippen LogP contribution in [-0.2, 0) is 25.9 Å². The maximum absolute atomic E-state index is 12.3. The highest BCUT2D eigenvalue weighted by Crippen LogP contribution is 2.26. The molecule has 4 heterocycles. The van der Waals surface area contributed by atoms with Crippen molar-refractivity contribution in [3.05, 3.63) is 58.0 Å². The van der Waals surface area contributed by atoms with Crippen LogP contribution in [0, 0.1) is 5.92 Å². The van der Waals surface area contributed by atoms with Crippen molar-refractivity contribution >= 4 is 0 Å². The molecule has 29 heavy (non-hydrogen) atoms.